The number of ether oxygens (including phenoxy) is 1. The Morgan fingerprint density at radius 2 is 2.27 bits per heavy atom. The van der Waals surface area contributed by atoms with Gasteiger partial charge in [0.2, 0.25) is 0 Å². The summed E-state index contributed by atoms with van der Waals surface area (Å²) in [4.78, 5) is 10.6. The highest BCUT2D eigenvalue weighted by Crippen LogP contribution is 2.14. The van der Waals surface area contributed by atoms with Crippen LogP contribution < -0.4 is 0 Å². The molecule has 11 heavy (non-hydrogen) atoms. The Labute approximate surface area is 72.2 Å². The SMILES string of the molecule is C=C.O=C1CCC[C@@H](CCl)O1. The second-order valence-electron chi connectivity index (χ2n) is 2.16. The number of carbonyl (C=O) groups excluding carboxylic acids is 1. The molecule has 3 heteroatoms. The molecule has 1 saturated heterocycles. The average Bonchev–Trinajstić information content (AvgIpc) is 2.08. The van der Waals surface area contributed by atoms with E-state index in [0.29, 0.717) is 12.3 Å². The Bertz CT molecular complexity index is 125. The molecular weight excluding hydrogens is 164 g/mol. The van der Waals surface area contributed by atoms with Gasteiger partial charge >= 0.3 is 5.97 Å². The van der Waals surface area contributed by atoms with Gasteiger partial charge in [0, 0.05) is 6.42 Å². The first kappa shape index (κ1) is 10.5. The lowest BCUT2D eigenvalue weighted by atomic mass is 10.1. The molecule has 0 amide bonds. The predicted molar refractivity (Wildman–Crippen MR) is 45.7 cm³/mol. The molecule has 1 aliphatic heterocycles. The monoisotopic (exact) mass is 176 g/mol. The number of alkyl halides is 1. The van der Waals surface area contributed by atoms with Crippen molar-refractivity contribution in [2.45, 2.75) is 25.4 Å². The molecule has 0 aromatic rings. The van der Waals surface area contributed by atoms with Gasteiger partial charge in [-0.05, 0) is 12.8 Å². The number of cyclic esters (lactones) is 1. The van der Waals surface area contributed by atoms with Gasteiger partial charge < -0.3 is 4.74 Å². The zero-order valence-corrected chi connectivity index (χ0v) is 7.27. The van der Waals surface area contributed by atoms with Gasteiger partial charge in [0.25, 0.3) is 0 Å². The highest BCUT2D eigenvalue weighted by atomic mass is 35.5. The van der Waals surface area contributed by atoms with Crippen molar-refractivity contribution in [2.75, 3.05) is 5.88 Å². The highest BCUT2D eigenvalue weighted by molar-refractivity contribution is 6.18. The number of esters is 1. The van der Waals surface area contributed by atoms with E-state index in [0.717, 1.165) is 12.8 Å². The lowest BCUT2D eigenvalue weighted by Crippen LogP contribution is -2.24. The molecule has 0 spiro atoms. The van der Waals surface area contributed by atoms with E-state index < -0.39 is 0 Å². The fourth-order valence-corrected chi connectivity index (χ4v) is 1.10. The molecule has 0 aromatic carbocycles. The molecule has 64 valence electrons. The molecule has 0 bridgehead atoms. The number of halogens is 1. The van der Waals surface area contributed by atoms with Crippen LogP contribution >= 0.6 is 11.6 Å². The van der Waals surface area contributed by atoms with Crippen LogP contribution in [0.3, 0.4) is 0 Å². The summed E-state index contributed by atoms with van der Waals surface area (Å²) in [6, 6.07) is 0. The Hall–Kier alpha value is -0.500. The van der Waals surface area contributed by atoms with Crippen LogP contribution in [0, 0.1) is 0 Å². The average molecular weight is 177 g/mol. The van der Waals surface area contributed by atoms with E-state index in [-0.39, 0.29) is 12.1 Å². The molecule has 0 unspecified atom stereocenters. The molecule has 0 saturated carbocycles. The van der Waals surface area contributed by atoms with Crippen molar-refractivity contribution >= 4 is 17.6 Å². The minimum atomic E-state index is -0.105. The van der Waals surface area contributed by atoms with Gasteiger partial charge in [0.15, 0.2) is 0 Å². The van der Waals surface area contributed by atoms with Gasteiger partial charge in [0.1, 0.15) is 6.10 Å². The smallest absolute Gasteiger partial charge is 0.306 e. The number of hydrogen-bond acceptors (Lipinski definition) is 2. The maximum Gasteiger partial charge on any atom is 0.306 e. The molecule has 0 radical (unpaired) electrons. The third kappa shape index (κ3) is 4.04. The molecule has 1 fully saturated rings. The summed E-state index contributed by atoms with van der Waals surface area (Å²) in [5.74, 6) is 0.332. The van der Waals surface area contributed by atoms with Crippen molar-refractivity contribution in [3.05, 3.63) is 13.2 Å². The molecule has 1 heterocycles. The maximum atomic E-state index is 10.6. The molecular formula is C8H13ClO2. The van der Waals surface area contributed by atoms with Crippen LogP contribution in [-0.4, -0.2) is 18.0 Å². The maximum absolute atomic E-state index is 10.6. The van der Waals surface area contributed by atoms with E-state index in [1.807, 2.05) is 0 Å². The number of carbonyl (C=O) groups is 1. The Morgan fingerprint density at radius 3 is 2.64 bits per heavy atom. The van der Waals surface area contributed by atoms with Crippen LogP contribution in [0.25, 0.3) is 0 Å². The van der Waals surface area contributed by atoms with E-state index in [2.05, 4.69) is 13.2 Å². The Balaban J connectivity index is 0.000000461. The summed E-state index contributed by atoms with van der Waals surface area (Å²) < 4.78 is 4.86. The summed E-state index contributed by atoms with van der Waals surface area (Å²) in [6.45, 7) is 6.00. The van der Waals surface area contributed by atoms with Crippen LogP contribution in [0.4, 0.5) is 0 Å². The van der Waals surface area contributed by atoms with Gasteiger partial charge in [-0.3, -0.25) is 4.79 Å². The largest absolute Gasteiger partial charge is 0.461 e. The first-order valence-corrected chi connectivity index (χ1v) is 4.12. The summed E-state index contributed by atoms with van der Waals surface area (Å²) >= 11 is 5.47. The van der Waals surface area contributed by atoms with Crippen molar-refractivity contribution in [3.8, 4) is 0 Å². The van der Waals surface area contributed by atoms with Crippen molar-refractivity contribution in [1.29, 1.82) is 0 Å². The van der Waals surface area contributed by atoms with E-state index >= 15 is 0 Å². The molecule has 1 atom stereocenters. The summed E-state index contributed by atoms with van der Waals surface area (Å²) in [5.41, 5.74) is 0. The van der Waals surface area contributed by atoms with Crippen molar-refractivity contribution in [2.24, 2.45) is 0 Å². The molecule has 0 aromatic heterocycles. The second-order valence-corrected chi connectivity index (χ2v) is 2.47. The summed E-state index contributed by atoms with van der Waals surface area (Å²) in [5, 5.41) is 0. The molecule has 2 nitrogen and oxygen atoms in total. The zero-order valence-electron chi connectivity index (χ0n) is 6.51. The summed E-state index contributed by atoms with van der Waals surface area (Å²) in [7, 11) is 0. The Morgan fingerprint density at radius 1 is 1.64 bits per heavy atom. The van der Waals surface area contributed by atoms with Crippen LogP contribution in [0.5, 0.6) is 0 Å². The minimum Gasteiger partial charge on any atom is -0.461 e. The van der Waals surface area contributed by atoms with Gasteiger partial charge in [-0.25, -0.2) is 0 Å². The first-order chi connectivity index (χ1) is 5.33. The van der Waals surface area contributed by atoms with Crippen molar-refractivity contribution < 1.29 is 9.53 Å². The molecule has 1 aliphatic rings. The normalized spacial score (nSPS) is 23.0. The lowest BCUT2D eigenvalue weighted by Gasteiger charge is -2.19. The van der Waals surface area contributed by atoms with Crippen molar-refractivity contribution in [3.63, 3.8) is 0 Å². The van der Waals surface area contributed by atoms with E-state index in [1.165, 1.54) is 0 Å². The zero-order chi connectivity index (χ0) is 8.69. The number of rotatable bonds is 1. The van der Waals surface area contributed by atoms with E-state index in [1.54, 1.807) is 0 Å². The first-order valence-electron chi connectivity index (χ1n) is 3.58. The molecule has 0 N–H and O–H groups in total. The van der Waals surface area contributed by atoms with Crippen LogP contribution in [-0.2, 0) is 9.53 Å². The lowest BCUT2D eigenvalue weighted by molar-refractivity contribution is -0.152. The molecule has 0 aliphatic carbocycles. The van der Waals surface area contributed by atoms with E-state index in [9.17, 15) is 4.79 Å². The topological polar surface area (TPSA) is 26.3 Å². The van der Waals surface area contributed by atoms with Gasteiger partial charge in [0.05, 0.1) is 5.88 Å². The third-order valence-corrected chi connectivity index (χ3v) is 1.72. The van der Waals surface area contributed by atoms with Gasteiger partial charge in [-0.1, -0.05) is 0 Å². The Kier molecular flexibility index (Phi) is 5.94. The quantitative estimate of drug-likeness (QED) is 0.348. The third-order valence-electron chi connectivity index (χ3n) is 1.38. The summed E-state index contributed by atoms with van der Waals surface area (Å²) in [6.07, 6.45) is 2.40. The predicted octanol–water partition coefficient (Wildman–Crippen LogP) is 2.12. The molecule has 1 rings (SSSR count). The second kappa shape index (κ2) is 6.23. The van der Waals surface area contributed by atoms with E-state index in [4.69, 9.17) is 16.3 Å². The minimum absolute atomic E-state index is 0.0204. The highest BCUT2D eigenvalue weighted by Gasteiger charge is 2.18. The van der Waals surface area contributed by atoms with Gasteiger partial charge in [-0.15, -0.1) is 24.8 Å². The standard InChI is InChI=1S/C6H9ClO2.C2H4/c7-4-5-2-1-3-6(8)9-5;1-2/h5H,1-4H2;1-2H2/t5-;/m0./s1. The van der Waals surface area contributed by atoms with Crippen LogP contribution in [0.2, 0.25) is 0 Å². The fourth-order valence-electron chi connectivity index (χ4n) is 0.886. The van der Waals surface area contributed by atoms with Crippen LogP contribution in [0.15, 0.2) is 13.2 Å². The number of hydrogen-bond donors (Lipinski definition) is 0. The fraction of sp³-hybridized carbons (Fsp3) is 0.625. The van der Waals surface area contributed by atoms with Crippen LogP contribution in [0.1, 0.15) is 19.3 Å². The van der Waals surface area contributed by atoms with Crippen molar-refractivity contribution in [1.82, 2.24) is 0 Å². The van der Waals surface area contributed by atoms with Gasteiger partial charge in [-0.2, -0.15) is 0 Å².